The van der Waals surface area contributed by atoms with Crippen LogP contribution in [0.1, 0.15) is 0 Å². The molecule has 0 saturated carbocycles. The smallest absolute Gasteiger partial charge is 0.744 e. The van der Waals surface area contributed by atoms with Crippen molar-refractivity contribution in [3.05, 3.63) is 21.3 Å². The van der Waals surface area contributed by atoms with E-state index in [1.54, 1.807) is 0 Å². The van der Waals surface area contributed by atoms with Gasteiger partial charge in [0.2, 0.25) is 0 Å². The standard InChI is InChI=1S/C5H3Br2NO3S.Na/c6-4-2-1-3(5(7)8-4)12(9,10)11;/h1-2H,(H,9,10,11);/q;+1/p-1. The summed E-state index contributed by atoms with van der Waals surface area (Å²) in [5, 5.41) is 0. The van der Waals surface area contributed by atoms with Crippen LogP contribution in [0.2, 0.25) is 0 Å². The first kappa shape index (κ1) is 14.0. The molecule has 1 heterocycles. The van der Waals surface area contributed by atoms with Crippen LogP contribution in [0.15, 0.2) is 26.2 Å². The molecule has 0 N–H and O–H groups in total. The van der Waals surface area contributed by atoms with Crippen LogP contribution in [0.5, 0.6) is 0 Å². The van der Waals surface area contributed by atoms with Gasteiger partial charge in [0.15, 0.2) is 0 Å². The van der Waals surface area contributed by atoms with E-state index in [2.05, 4.69) is 36.8 Å². The van der Waals surface area contributed by atoms with Crippen molar-refractivity contribution >= 4 is 42.0 Å². The predicted octanol–water partition coefficient (Wildman–Crippen LogP) is -1.49. The van der Waals surface area contributed by atoms with E-state index in [0.29, 0.717) is 4.60 Å². The first-order valence-corrected chi connectivity index (χ1v) is 5.68. The SMILES string of the molecule is O=S(=O)([O-])c1ccc(Br)nc1Br.[Na+]. The number of aromatic nitrogens is 1. The second-order valence-corrected chi connectivity index (χ2v) is 4.79. The summed E-state index contributed by atoms with van der Waals surface area (Å²) >= 11 is 5.89. The molecule has 0 fully saturated rings. The second kappa shape index (κ2) is 5.20. The van der Waals surface area contributed by atoms with E-state index in [-0.39, 0.29) is 39.1 Å². The number of hydrogen-bond acceptors (Lipinski definition) is 4. The van der Waals surface area contributed by atoms with Gasteiger partial charge in [-0.2, -0.15) is 0 Å². The fourth-order valence-electron chi connectivity index (χ4n) is 0.586. The average Bonchev–Trinajstić information content (AvgIpc) is 1.83. The van der Waals surface area contributed by atoms with Gasteiger partial charge in [-0.3, -0.25) is 0 Å². The van der Waals surface area contributed by atoms with Gasteiger partial charge in [0.25, 0.3) is 0 Å². The largest absolute Gasteiger partial charge is 1.00 e. The van der Waals surface area contributed by atoms with Crippen molar-refractivity contribution in [2.24, 2.45) is 0 Å². The summed E-state index contributed by atoms with van der Waals surface area (Å²) in [5.74, 6) is 0. The van der Waals surface area contributed by atoms with Crippen LogP contribution < -0.4 is 29.6 Å². The average molecular weight is 339 g/mol. The van der Waals surface area contributed by atoms with Crippen LogP contribution in [0.3, 0.4) is 0 Å². The Balaban J connectivity index is 0.00000144. The first-order valence-electron chi connectivity index (χ1n) is 2.69. The molecule has 0 aliphatic rings. The Morgan fingerprint density at radius 3 is 2.23 bits per heavy atom. The minimum Gasteiger partial charge on any atom is -0.744 e. The van der Waals surface area contributed by atoms with Crippen molar-refractivity contribution in [3.63, 3.8) is 0 Å². The zero-order chi connectivity index (χ0) is 9.35. The summed E-state index contributed by atoms with van der Waals surface area (Å²) < 4.78 is 32.1. The Bertz CT molecular complexity index is 408. The molecule has 0 amide bonds. The molecule has 0 aliphatic carbocycles. The molecule has 66 valence electrons. The molecule has 0 aliphatic heterocycles. The molecular weight excluding hydrogens is 337 g/mol. The van der Waals surface area contributed by atoms with Gasteiger partial charge in [0.05, 0.1) is 4.90 Å². The van der Waals surface area contributed by atoms with E-state index < -0.39 is 10.1 Å². The Kier molecular flexibility index (Phi) is 5.61. The van der Waals surface area contributed by atoms with Crippen LogP contribution in [-0.4, -0.2) is 18.0 Å². The molecule has 1 aromatic rings. The fourth-order valence-corrected chi connectivity index (χ4v) is 2.54. The molecule has 0 atom stereocenters. The molecule has 0 spiro atoms. The summed E-state index contributed by atoms with van der Waals surface area (Å²) in [6.07, 6.45) is 0. The van der Waals surface area contributed by atoms with Crippen molar-refractivity contribution in [3.8, 4) is 0 Å². The molecule has 0 bridgehead atoms. The Hall–Kier alpha value is 1.02. The topological polar surface area (TPSA) is 70.1 Å². The van der Waals surface area contributed by atoms with Crippen LogP contribution >= 0.6 is 31.9 Å². The third-order valence-electron chi connectivity index (χ3n) is 1.05. The van der Waals surface area contributed by atoms with Gasteiger partial charge in [0.1, 0.15) is 19.3 Å². The Morgan fingerprint density at radius 2 is 1.85 bits per heavy atom. The molecule has 0 radical (unpaired) electrons. The molecule has 0 unspecified atom stereocenters. The number of halogens is 2. The maximum Gasteiger partial charge on any atom is 1.00 e. The summed E-state index contributed by atoms with van der Waals surface area (Å²) in [7, 11) is -4.43. The first-order chi connectivity index (χ1) is 5.41. The fraction of sp³-hybridized carbons (Fsp3) is 0. The van der Waals surface area contributed by atoms with Crippen molar-refractivity contribution in [1.29, 1.82) is 0 Å². The van der Waals surface area contributed by atoms with Gasteiger partial charge in [-0.25, -0.2) is 13.4 Å². The normalized spacial score (nSPS) is 10.7. The van der Waals surface area contributed by atoms with Crippen LogP contribution in [-0.2, 0) is 10.1 Å². The third-order valence-corrected chi connectivity index (χ3v) is 3.23. The monoisotopic (exact) mass is 337 g/mol. The third kappa shape index (κ3) is 3.94. The van der Waals surface area contributed by atoms with Gasteiger partial charge in [-0.15, -0.1) is 0 Å². The molecule has 1 rings (SSSR count). The molecule has 8 heteroatoms. The number of hydrogen-bond donors (Lipinski definition) is 0. The maximum atomic E-state index is 10.5. The van der Waals surface area contributed by atoms with Crippen LogP contribution in [0, 0.1) is 0 Å². The summed E-state index contributed by atoms with van der Waals surface area (Å²) in [6.45, 7) is 0. The second-order valence-electron chi connectivity index (χ2n) is 1.88. The minimum atomic E-state index is -4.43. The van der Waals surface area contributed by atoms with Gasteiger partial charge < -0.3 is 4.55 Å². The number of rotatable bonds is 1. The Morgan fingerprint density at radius 1 is 1.31 bits per heavy atom. The van der Waals surface area contributed by atoms with Gasteiger partial charge in [-0.05, 0) is 44.0 Å². The van der Waals surface area contributed by atoms with Crippen molar-refractivity contribution in [2.75, 3.05) is 0 Å². The van der Waals surface area contributed by atoms with Crippen molar-refractivity contribution in [1.82, 2.24) is 4.98 Å². The molecule has 1 aromatic heterocycles. The zero-order valence-electron chi connectivity index (χ0n) is 6.49. The maximum absolute atomic E-state index is 10.5. The number of nitrogens with zero attached hydrogens (tertiary/aromatic N) is 1. The van der Waals surface area contributed by atoms with E-state index in [0.717, 1.165) is 0 Å². The van der Waals surface area contributed by atoms with E-state index >= 15 is 0 Å². The predicted molar refractivity (Wildman–Crippen MR) is 47.6 cm³/mol. The summed E-state index contributed by atoms with van der Waals surface area (Å²) in [4.78, 5) is 3.34. The van der Waals surface area contributed by atoms with Crippen LogP contribution in [0.25, 0.3) is 0 Å². The molecule has 13 heavy (non-hydrogen) atoms. The Labute approximate surface area is 114 Å². The van der Waals surface area contributed by atoms with Crippen LogP contribution in [0.4, 0.5) is 0 Å². The molecule has 0 saturated heterocycles. The molecule has 0 aromatic carbocycles. The van der Waals surface area contributed by atoms with Gasteiger partial charge in [0, 0.05) is 0 Å². The van der Waals surface area contributed by atoms with E-state index in [1.165, 1.54) is 12.1 Å². The van der Waals surface area contributed by atoms with Crippen molar-refractivity contribution < 1.29 is 42.5 Å². The molecular formula is C5H2Br2NNaO3S. The summed E-state index contributed by atoms with van der Waals surface area (Å²) in [6, 6.07) is 2.57. The minimum absolute atomic E-state index is 0. The van der Waals surface area contributed by atoms with E-state index in [4.69, 9.17) is 0 Å². The summed E-state index contributed by atoms with van der Waals surface area (Å²) in [5.41, 5.74) is 0. The van der Waals surface area contributed by atoms with E-state index in [9.17, 15) is 13.0 Å². The van der Waals surface area contributed by atoms with Gasteiger partial charge in [-0.1, -0.05) is 0 Å². The number of pyridine rings is 1. The molecule has 4 nitrogen and oxygen atoms in total. The van der Waals surface area contributed by atoms with Crippen molar-refractivity contribution in [2.45, 2.75) is 4.90 Å². The van der Waals surface area contributed by atoms with E-state index in [1.807, 2.05) is 0 Å². The van der Waals surface area contributed by atoms with Gasteiger partial charge >= 0.3 is 29.6 Å². The quantitative estimate of drug-likeness (QED) is 0.355. The zero-order valence-corrected chi connectivity index (χ0v) is 12.5.